The van der Waals surface area contributed by atoms with Crippen LogP contribution in [-0.4, -0.2) is 13.7 Å². The number of hydrogen-bond acceptors (Lipinski definition) is 3. The molecule has 0 bridgehead atoms. The summed E-state index contributed by atoms with van der Waals surface area (Å²) >= 11 is 3.57. The van der Waals surface area contributed by atoms with Crippen LogP contribution in [0.3, 0.4) is 0 Å². The predicted octanol–water partition coefficient (Wildman–Crippen LogP) is 5.79. The fourth-order valence-corrected chi connectivity index (χ4v) is 3.38. The fraction of sp³-hybridized carbons (Fsp3) is 0.217. The number of rotatable bonds is 9. The number of benzene rings is 3. The Bertz CT molecular complexity index is 844. The van der Waals surface area contributed by atoms with Crippen LogP contribution in [0, 0.1) is 0 Å². The summed E-state index contributed by atoms with van der Waals surface area (Å²) in [4.78, 5) is 0. The van der Waals surface area contributed by atoms with E-state index in [1.54, 1.807) is 7.11 Å². The average Bonchev–Trinajstić information content (AvgIpc) is 2.71. The average molecular weight is 463 g/mol. The molecule has 3 rings (SSSR count). The van der Waals surface area contributed by atoms with E-state index in [4.69, 9.17) is 9.47 Å². The van der Waals surface area contributed by atoms with E-state index in [2.05, 4.69) is 63.7 Å². The van der Waals surface area contributed by atoms with Gasteiger partial charge < -0.3 is 14.8 Å². The molecule has 1 N–H and O–H groups in total. The second-order valence-electron chi connectivity index (χ2n) is 6.28. The van der Waals surface area contributed by atoms with Crippen molar-refractivity contribution in [1.29, 1.82) is 0 Å². The van der Waals surface area contributed by atoms with Crippen molar-refractivity contribution in [2.45, 2.75) is 19.6 Å². The van der Waals surface area contributed by atoms with E-state index in [-0.39, 0.29) is 12.4 Å². The second-order valence-corrected chi connectivity index (χ2v) is 7.20. The SMILES string of the molecule is COc1cc(Br)cc(CNCCc2ccccc2)c1OCc1ccccc1.Cl. The summed E-state index contributed by atoms with van der Waals surface area (Å²) in [6.07, 6.45) is 0.992. The zero-order chi connectivity index (χ0) is 18.9. The maximum absolute atomic E-state index is 6.13. The van der Waals surface area contributed by atoms with Gasteiger partial charge in [0.25, 0.3) is 0 Å². The van der Waals surface area contributed by atoms with E-state index in [1.165, 1.54) is 5.56 Å². The molecule has 0 spiro atoms. The Kier molecular flexibility index (Phi) is 9.35. The van der Waals surface area contributed by atoms with Crippen molar-refractivity contribution >= 4 is 28.3 Å². The molecular formula is C23H25BrClNO2. The first-order chi connectivity index (χ1) is 13.3. The van der Waals surface area contributed by atoms with E-state index >= 15 is 0 Å². The second kappa shape index (κ2) is 11.7. The molecule has 0 radical (unpaired) electrons. The van der Waals surface area contributed by atoms with E-state index in [9.17, 15) is 0 Å². The molecular weight excluding hydrogens is 438 g/mol. The highest BCUT2D eigenvalue weighted by Crippen LogP contribution is 2.35. The van der Waals surface area contributed by atoms with E-state index in [0.29, 0.717) is 13.2 Å². The highest BCUT2D eigenvalue weighted by atomic mass is 79.9. The Balaban J connectivity index is 0.00000280. The first-order valence-corrected chi connectivity index (χ1v) is 9.83. The topological polar surface area (TPSA) is 30.5 Å². The third-order valence-corrected chi connectivity index (χ3v) is 4.75. The molecule has 3 nitrogen and oxygen atoms in total. The Hall–Kier alpha value is -2.01. The third-order valence-electron chi connectivity index (χ3n) is 4.29. The summed E-state index contributed by atoms with van der Waals surface area (Å²) in [6, 6.07) is 24.7. The summed E-state index contributed by atoms with van der Waals surface area (Å²) in [6.45, 7) is 2.12. The molecule has 5 heteroatoms. The third kappa shape index (κ3) is 6.55. The van der Waals surface area contributed by atoms with Gasteiger partial charge in [-0.1, -0.05) is 76.6 Å². The van der Waals surface area contributed by atoms with Gasteiger partial charge in [-0.25, -0.2) is 0 Å². The molecule has 0 fully saturated rings. The van der Waals surface area contributed by atoms with Crippen LogP contribution in [0.1, 0.15) is 16.7 Å². The normalized spacial score (nSPS) is 10.2. The number of hydrogen-bond donors (Lipinski definition) is 1. The summed E-state index contributed by atoms with van der Waals surface area (Å²) in [7, 11) is 1.67. The monoisotopic (exact) mass is 461 g/mol. The number of nitrogens with one attached hydrogen (secondary N) is 1. The Labute approximate surface area is 181 Å². The van der Waals surface area contributed by atoms with Gasteiger partial charge in [-0.05, 0) is 36.2 Å². The summed E-state index contributed by atoms with van der Waals surface area (Å²) in [5.41, 5.74) is 3.54. The van der Waals surface area contributed by atoms with Crippen molar-refractivity contribution in [3.05, 3.63) is 94.0 Å². The van der Waals surface area contributed by atoms with Crippen molar-refractivity contribution in [2.24, 2.45) is 0 Å². The van der Waals surface area contributed by atoms with Crippen LogP contribution < -0.4 is 14.8 Å². The molecule has 0 aliphatic rings. The lowest BCUT2D eigenvalue weighted by atomic mass is 10.1. The molecule has 0 unspecified atom stereocenters. The van der Waals surface area contributed by atoms with Gasteiger partial charge in [-0.3, -0.25) is 0 Å². The molecule has 0 atom stereocenters. The van der Waals surface area contributed by atoms with Crippen molar-refractivity contribution in [3.63, 3.8) is 0 Å². The van der Waals surface area contributed by atoms with Gasteiger partial charge in [0.15, 0.2) is 11.5 Å². The van der Waals surface area contributed by atoms with Crippen molar-refractivity contribution in [2.75, 3.05) is 13.7 Å². The highest BCUT2D eigenvalue weighted by Gasteiger charge is 2.13. The summed E-state index contributed by atoms with van der Waals surface area (Å²) in [5, 5.41) is 3.51. The molecule has 28 heavy (non-hydrogen) atoms. The van der Waals surface area contributed by atoms with Gasteiger partial charge in [0.2, 0.25) is 0 Å². The van der Waals surface area contributed by atoms with Crippen LogP contribution in [0.2, 0.25) is 0 Å². The molecule has 3 aromatic carbocycles. The first-order valence-electron chi connectivity index (χ1n) is 9.04. The Morgan fingerprint density at radius 1 is 0.893 bits per heavy atom. The maximum atomic E-state index is 6.13. The first kappa shape index (κ1) is 22.3. The molecule has 0 aliphatic heterocycles. The summed E-state index contributed by atoms with van der Waals surface area (Å²) < 4.78 is 12.7. The summed E-state index contributed by atoms with van der Waals surface area (Å²) in [5.74, 6) is 1.52. The van der Waals surface area contributed by atoms with Crippen LogP contribution in [0.4, 0.5) is 0 Å². The van der Waals surface area contributed by atoms with E-state index in [0.717, 1.165) is 40.1 Å². The largest absolute Gasteiger partial charge is 0.493 e. The number of ether oxygens (including phenoxy) is 2. The fourth-order valence-electron chi connectivity index (χ4n) is 2.90. The Morgan fingerprint density at radius 2 is 1.54 bits per heavy atom. The molecule has 0 saturated heterocycles. The van der Waals surface area contributed by atoms with Crippen LogP contribution >= 0.6 is 28.3 Å². The van der Waals surface area contributed by atoms with Gasteiger partial charge in [0.05, 0.1) is 7.11 Å². The maximum Gasteiger partial charge on any atom is 0.166 e. The zero-order valence-electron chi connectivity index (χ0n) is 15.9. The minimum atomic E-state index is 0. The van der Waals surface area contributed by atoms with E-state index in [1.807, 2.05) is 30.3 Å². The standard InChI is InChI=1S/C23H24BrNO2.ClH/c1-26-22-15-21(24)14-20(16-25-13-12-18-8-4-2-5-9-18)23(22)27-17-19-10-6-3-7-11-19;/h2-11,14-15,25H,12-13,16-17H2,1H3;1H. The minimum absolute atomic E-state index is 0. The van der Waals surface area contributed by atoms with Gasteiger partial charge in [0.1, 0.15) is 6.61 Å². The van der Waals surface area contributed by atoms with Crippen LogP contribution in [0.15, 0.2) is 77.3 Å². The lowest BCUT2D eigenvalue weighted by Gasteiger charge is -2.16. The molecule has 3 aromatic rings. The van der Waals surface area contributed by atoms with Gasteiger partial charge in [-0.15, -0.1) is 12.4 Å². The highest BCUT2D eigenvalue weighted by molar-refractivity contribution is 9.10. The van der Waals surface area contributed by atoms with Gasteiger partial charge >= 0.3 is 0 Å². The Morgan fingerprint density at radius 3 is 2.18 bits per heavy atom. The van der Waals surface area contributed by atoms with Crippen molar-refractivity contribution < 1.29 is 9.47 Å². The predicted molar refractivity (Wildman–Crippen MR) is 121 cm³/mol. The molecule has 0 aromatic heterocycles. The van der Waals surface area contributed by atoms with E-state index < -0.39 is 0 Å². The van der Waals surface area contributed by atoms with Crippen molar-refractivity contribution in [3.8, 4) is 11.5 Å². The molecule has 148 valence electrons. The molecule has 0 amide bonds. The van der Waals surface area contributed by atoms with Gasteiger partial charge in [-0.2, -0.15) is 0 Å². The smallest absolute Gasteiger partial charge is 0.166 e. The number of methoxy groups -OCH3 is 1. The quantitative estimate of drug-likeness (QED) is 0.408. The van der Waals surface area contributed by atoms with Crippen LogP contribution in [-0.2, 0) is 19.6 Å². The van der Waals surface area contributed by atoms with Crippen LogP contribution in [0.5, 0.6) is 11.5 Å². The minimum Gasteiger partial charge on any atom is -0.493 e. The molecule has 0 heterocycles. The number of halogens is 2. The zero-order valence-corrected chi connectivity index (χ0v) is 18.3. The van der Waals surface area contributed by atoms with Gasteiger partial charge in [0, 0.05) is 16.6 Å². The lowest BCUT2D eigenvalue weighted by Crippen LogP contribution is -2.17. The van der Waals surface area contributed by atoms with Crippen LogP contribution in [0.25, 0.3) is 0 Å². The lowest BCUT2D eigenvalue weighted by molar-refractivity contribution is 0.280. The van der Waals surface area contributed by atoms with Crippen molar-refractivity contribution in [1.82, 2.24) is 5.32 Å². The molecule has 0 saturated carbocycles. The molecule has 0 aliphatic carbocycles.